The Morgan fingerprint density at radius 1 is 2.00 bits per heavy atom. The molecule has 0 bridgehead atoms. The summed E-state index contributed by atoms with van der Waals surface area (Å²) in [7, 11) is 0. The van der Waals surface area contributed by atoms with Gasteiger partial charge in [0.1, 0.15) is 0 Å². The molecule has 0 aromatic rings. The first kappa shape index (κ1) is 7.05. The summed E-state index contributed by atoms with van der Waals surface area (Å²) in [6, 6.07) is 0. The Labute approximate surface area is 58.5 Å². The molecule has 0 amide bonds. The first-order valence-electron chi connectivity index (χ1n) is 3.15. The molecule has 4 heteroatoms. The summed E-state index contributed by atoms with van der Waals surface area (Å²) in [6.07, 6.45) is 2.30. The van der Waals surface area contributed by atoms with Crippen LogP contribution in [-0.4, -0.2) is 22.9 Å². The van der Waals surface area contributed by atoms with Gasteiger partial charge in [-0.1, -0.05) is 12.1 Å². The molecule has 1 unspecified atom stereocenters. The van der Waals surface area contributed by atoms with Gasteiger partial charge in [-0.2, -0.15) is 0 Å². The predicted molar refractivity (Wildman–Crippen MR) is 34.9 cm³/mol. The second-order valence-electron chi connectivity index (χ2n) is 2.24. The summed E-state index contributed by atoms with van der Waals surface area (Å²) < 4.78 is 0. The lowest BCUT2D eigenvalue weighted by Crippen LogP contribution is -2.37. The normalized spacial score (nSPS) is 30.1. The van der Waals surface area contributed by atoms with Gasteiger partial charge in [0.05, 0.1) is 0 Å². The SMILES string of the molecule is CCC1(C(=O)O)CC=NO1. The van der Waals surface area contributed by atoms with Gasteiger partial charge in [0.2, 0.25) is 5.60 Å². The van der Waals surface area contributed by atoms with E-state index >= 15 is 0 Å². The Bertz CT molecular complexity index is 168. The van der Waals surface area contributed by atoms with Crippen molar-refractivity contribution in [3.8, 4) is 0 Å². The number of aliphatic carboxylic acids is 1. The average molecular weight is 143 g/mol. The number of carboxylic acids is 1. The summed E-state index contributed by atoms with van der Waals surface area (Å²) in [5, 5.41) is 12.1. The number of hydrogen-bond donors (Lipinski definition) is 1. The molecule has 1 atom stereocenters. The molecule has 0 aromatic heterocycles. The lowest BCUT2D eigenvalue weighted by Gasteiger charge is -2.18. The first-order chi connectivity index (χ1) is 4.71. The van der Waals surface area contributed by atoms with Gasteiger partial charge in [0.15, 0.2) is 0 Å². The lowest BCUT2D eigenvalue weighted by molar-refractivity contribution is -0.162. The molecule has 1 heterocycles. The maximum atomic E-state index is 10.5. The van der Waals surface area contributed by atoms with Crippen molar-refractivity contribution in [1.29, 1.82) is 0 Å². The van der Waals surface area contributed by atoms with Gasteiger partial charge in [-0.05, 0) is 6.42 Å². The summed E-state index contributed by atoms with van der Waals surface area (Å²) in [6.45, 7) is 1.77. The van der Waals surface area contributed by atoms with E-state index in [-0.39, 0.29) is 0 Å². The molecule has 0 radical (unpaired) electrons. The number of oxime groups is 1. The third-order valence-corrected chi connectivity index (χ3v) is 1.68. The van der Waals surface area contributed by atoms with Crippen LogP contribution in [0.15, 0.2) is 5.16 Å². The second kappa shape index (κ2) is 2.28. The van der Waals surface area contributed by atoms with Gasteiger partial charge in [-0.3, -0.25) is 0 Å². The zero-order valence-electron chi connectivity index (χ0n) is 5.70. The monoisotopic (exact) mass is 143 g/mol. The van der Waals surface area contributed by atoms with E-state index < -0.39 is 11.6 Å². The highest BCUT2D eigenvalue weighted by Gasteiger charge is 2.41. The maximum Gasteiger partial charge on any atom is 0.351 e. The molecule has 1 aliphatic heterocycles. The number of rotatable bonds is 2. The molecule has 0 fully saturated rings. The smallest absolute Gasteiger partial charge is 0.351 e. The van der Waals surface area contributed by atoms with Crippen LogP contribution in [0.1, 0.15) is 19.8 Å². The fourth-order valence-corrected chi connectivity index (χ4v) is 0.847. The molecule has 1 N–H and O–H groups in total. The largest absolute Gasteiger partial charge is 0.478 e. The average Bonchev–Trinajstić information content (AvgIpc) is 2.35. The third kappa shape index (κ3) is 0.853. The van der Waals surface area contributed by atoms with Gasteiger partial charge in [0, 0.05) is 12.6 Å². The van der Waals surface area contributed by atoms with E-state index in [1.54, 1.807) is 6.92 Å². The van der Waals surface area contributed by atoms with Crippen molar-refractivity contribution in [3.63, 3.8) is 0 Å². The van der Waals surface area contributed by atoms with Crippen LogP contribution < -0.4 is 0 Å². The highest BCUT2D eigenvalue weighted by atomic mass is 16.7. The minimum atomic E-state index is -1.07. The van der Waals surface area contributed by atoms with Crippen LogP contribution in [0.5, 0.6) is 0 Å². The zero-order chi connectivity index (χ0) is 7.61. The Kier molecular flexibility index (Phi) is 1.61. The number of carboxylic acid groups (broad SMARTS) is 1. The highest BCUT2D eigenvalue weighted by Crippen LogP contribution is 2.24. The number of carbonyl (C=O) groups is 1. The van der Waals surface area contributed by atoms with E-state index in [1.807, 2.05) is 0 Å². The summed E-state index contributed by atoms with van der Waals surface area (Å²) in [5.74, 6) is -0.938. The number of nitrogens with zero attached hydrogens (tertiary/aromatic N) is 1. The van der Waals surface area contributed by atoms with Crippen molar-refractivity contribution < 1.29 is 14.7 Å². The summed E-state index contributed by atoms with van der Waals surface area (Å²) in [5.41, 5.74) is -1.07. The van der Waals surface area contributed by atoms with E-state index in [0.29, 0.717) is 12.8 Å². The number of hydrogen-bond acceptors (Lipinski definition) is 3. The molecule has 4 nitrogen and oxygen atoms in total. The molecule has 1 rings (SSSR count). The summed E-state index contributed by atoms with van der Waals surface area (Å²) >= 11 is 0. The van der Waals surface area contributed by atoms with Gasteiger partial charge in [0.25, 0.3) is 0 Å². The predicted octanol–water partition coefficient (Wildman–Crippen LogP) is 0.626. The Morgan fingerprint density at radius 2 is 2.70 bits per heavy atom. The van der Waals surface area contributed by atoms with Crippen LogP contribution in [-0.2, 0) is 9.63 Å². The molecule has 0 aliphatic carbocycles. The molecular weight excluding hydrogens is 134 g/mol. The Morgan fingerprint density at radius 3 is 2.90 bits per heavy atom. The molecular formula is C6H9NO3. The van der Waals surface area contributed by atoms with E-state index in [4.69, 9.17) is 9.94 Å². The third-order valence-electron chi connectivity index (χ3n) is 1.68. The van der Waals surface area contributed by atoms with Crippen LogP contribution in [0.25, 0.3) is 0 Å². The molecule has 0 spiro atoms. The minimum absolute atomic E-state index is 0.374. The molecule has 56 valence electrons. The van der Waals surface area contributed by atoms with Crippen LogP contribution in [0, 0.1) is 0 Å². The molecule has 0 saturated heterocycles. The van der Waals surface area contributed by atoms with Crippen molar-refractivity contribution in [3.05, 3.63) is 0 Å². The van der Waals surface area contributed by atoms with Crippen LogP contribution in [0.3, 0.4) is 0 Å². The van der Waals surface area contributed by atoms with E-state index in [0.717, 1.165) is 0 Å². The fraction of sp³-hybridized carbons (Fsp3) is 0.667. The van der Waals surface area contributed by atoms with Crippen LogP contribution >= 0.6 is 0 Å². The minimum Gasteiger partial charge on any atom is -0.478 e. The van der Waals surface area contributed by atoms with Gasteiger partial charge in [-0.25, -0.2) is 4.79 Å². The lowest BCUT2D eigenvalue weighted by atomic mass is 9.98. The van der Waals surface area contributed by atoms with Gasteiger partial charge < -0.3 is 9.94 Å². The first-order valence-corrected chi connectivity index (χ1v) is 3.15. The van der Waals surface area contributed by atoms with Crippen molar-refractivity contribution in [1.82, 2.24) is 0 Å². The molecule has 0 saturated carbocycles. The summed E-state index contributed by atoms with van der Waals surface area (Å²) in [4.78, 5) is 15.3. The second-order valence-corrected chi connectivity index (χ2v) is 2.24. The van der Waals surface area contributed by atoms with E-state index in [1.165, 1.54) is 6.21 Å². The van der Waals surface area contributed by atoms with Crippen LogP contribution in [0.2, 0.25) is 0 Å². The molecule has 1 aliphatic rings. The standard InChI is InChI=1S/C6H9NO3/c1-2-6(5(8)9)3-4-7-10-6/h4H,2-3H2,1H3,(H,8,9). The van der Waals surface area contributed by atoms with Crippen molar-refractivity contribution in [2.45, 2.75) is 25.4 Å². The van der Waals surface area contributed by atoms with E-state index in [2.05, 4.69) is 5.16 Å². The Balaban J connectivity index is 2.70. The fourth-order valence-electron chi connectivity index (χ4n) is 0.847. The van der Waals surface area contributed by atoms with Crippen molar-refractivity contribution >= 4 is 12.2 Å². The maximum absolute atomic E-state index is 10.5. The topological polar surface area (TPSA) is 58.9 Å². The van der Waals surface area contributed by atoms with Gasteiger partial charge >= 0.3 is 5.97 Å². The highest BCUT2D eigenvalue weighted by molar-refractivity contribution is 5.82. The van der Waals surface area contributed by atoms with Crippen LogP contribution in [0.4, 0.5) is 0 Å². The quantitative estimate of drug-likeness (QED) is 0.616. The van der Waals surface area contributed by atoms with Crippen molar-refractivity contribution in [2.75, 3.05) is 0 Å². The zero-order valence-corrected chi connectivity index (χ0v) is 5.70. The molecule has 0 aromatic carbocycles. The van der Waals surface area contributed by atoms with Crippen molar-refractivity contribution in [2.24, 2.45) is 5.16 Å². The molecule has 10 heavy (non-hydrogen) atoms. The Hall–Kier alpha value is -1.06. The van der Waals surface area contributed by atoms with Gasteiger partial charge in [-0.15, -0.1) is 0 Å². The van der Waals surface area contributed by atoms with E-state index in [9.17, 15) is 4.79 Å².